The topological polar surface area (TPSA) is 57.9 Å². The van der Waals surface area contributed by atoms with Gasteiger partial charge in [-0.25, -0.2) is 14.7 Å². The number of quaternary nitrogens is 1. The Morgan fingerprint density at radius 3 is 1.98 bits per heavy atom. The van der Waals surface area contributed by atoms with Gasteiger partial charge in [-0.1, -0.05) is 89.3 Å². The van der Waals surface area contributed by atoms with Crippen molar-refractivity contribution in [3.05, 3.63) is 35.7 Å². The summed E-state index contributed by atoms with van der Waals surface area (Å²) in [6.45, 7) is 11.2. The minimum Gasteiger partial charge on any atom is -1.00 e. The van der Waals surface area contributed by atoms with Crippen molar-refractivity contribution >= 4 is 11.8 Å². The van der Waals surface area contributed by atoms with E-state index in [1.54, 1.807) is 11.8 Å². The normalized spacial score (nSPS) is 23.9. The number of nitrogens with zero attached hydrogens (tertiary/aromatic N) is 6. The minimum absolute atomic E-state index is 0. The molecule has 0 spiro atoms. The first-order valence-electron chi connectivity index (χ1n) is 16.9. The number of aryl methyl sites for hydroxylation is 1. The maximum Gasteiger partial charge on any atom is 0.276 e. The first-order valence-corrected chi connectivity index (χ1v) is 17.9. The summed E-state index contributed by atoms with van der Waals surface area (Å²) in [6, 6.07) is 8.90. The molecule has 4 bridgehead atoms. The van der Waals surface area contributed by atoms with E-state index in [-0.39, 0.29) is 12.4 Å². The van der Waals surface area contributed by atoms with Crippen LogP contribution in [-0.2, 0) is 13.0 Å². The molecule has 6 rings (SSSR count). The number of thioether (sulfide) groups is 1. The van der Waals surface area contributed by atoms with Gasteiger partial charge in [0.2, 0.25) is 5.89 Å². The molecule has 10 heteroatoms. The Labute approximate surface area is 270 Å². The van der Waals surface area contributed by atoms with Gasteiger partial charge in [0, 0.05) is 17.7 Å². The monoisotopic (exact) mass is 634 g/mol. The average Bonchev–Trinajstić information content (AvgIpc) is 3.43. The smallest absolute Gasteiger partial charge is 0.276 e. The molecular formula is C33H55ClN6O2S. The van der Waals surface area contributed by atoms with Crippen molar-refractivity contribution in [1.29, 1.82) is 0 Å². The summed E-state index contributed by atoms with van der Waals surface area (Å²) in [6.07, 6.45) is 18.9. The van der Waals surface area contributed by atoms with Crippen molar-refractivity contribution in [2.75, 3.05) is 52.4 Å². The molecule has 0 N–H and O–H groups in total. The van der Waals surface area contributed by atoms with Gasteiger partial charge in [0.05, 0.1) is 26.6 Å². The van der Waals surface area contributed by atoms with Gasteiger partial charge in [0.15, 0.2) is 0 Å². The number of ether oxygens (including phenoxy) is 1. The molecule has 0 unspecified atom stereocenters. The van der Waals surface area contributed by atoms with Crippen molar-refractivity contribution < 1.29 is 26.0 Å². The third-order valence-electron chi connectivity index (χ3n) is 8.87. The van der Waals surface area contributed by atoms with Crippen molar-refractivity contribution in [3.63, 3.8) is 0 Å². The second-order valence-electron chi connectivity index (χ2n) is 13.0. The molecule has 8 nitrogen and oxygen atoms in total. The Balaban J connectivity index is 0.00000423. The van der Waals surface area contributed by atoms with E-state index in [4.69, 9.17) is 9.15 Å². The molecule has 43 heavy (non-hydrogen) atoms. The molecule has 5 heterocycles. The molecule has 1 aromatic heterocycles. The molecule has 1 aromatic carbocycles. The lowest BCUT2D eigenvalue weighted by molar-refractivity contribution is -0.991. The summed E-state index contributed by atoms with van der Waals surface area (Å²) in [7, 11) is 0. The fraction of sp³-hybridized carbons (Fsp3) is 0.758. The summed E-state index contributed by atoms with van der Waals surface area (Å²) in [4.78, 5) is 7.74. The average molecular weight is 635 g/mol. The maximum atomic E-state index is 6.05. The Morgan fingerprint density at radius 1 is 0.744 bits per heavy atom. The van der Waals surface area contributed by atoms with Gasteiger partial charge in [-0.15, -0.1) is 10.2 Å². The number of halogens is 1. The van der Waals surface area contributed by atoms with E-state index in [1.165, 1.54) is 103 Å². The van der Waals surface area contributed by atoms with Crippen LogP contribution in [0.2, 0.25) is 0 Å². The first kappa shape index (κ1) is 34.5. The SMILES string of the molecule is CCCCCCCCSc1nnc(CCCCCCCCCCOc2ccc(C[N+]34CN5CN(CN(C5)C3)C4)cc2)o1.[Cl-]. The van der Waals surface area contributed by atoms with E-state index < -0.39 is 0 Å². The van der Waals surface area contributed by atoms with Gasteiger partial charge < -0.3 is 21.6 Å². The van der Waals surface area contributed by atoms with E-state index in [0.29, 0.717) is 0 Å². The van der Waals surface area contributed by atoms with Crippen molar-refractivity contribution in [3.8, 4) is 5.75 Å². The minimum atomic E-state index is 0. The number of unbranched alkanes of at least 4 members (excludes halogenated alkanes) is 12. The van der Waals surface area contributed by atoms with Crippen LogP contribution in [0.4, 0.5) is 0 Å². The molecule has 4 aliphatic heterocycles. The van der Waals surface area contributed by atoms with Crippen LogP contribution >= 0.6 is 11.8 Å². The largest absolute Gasteiger partial charge is 1.00 e. The Kier molecular flexibility index (Phi) is 14.9. The quantitative estimate of drug-likeness (QED) is 0.108. The Hall–Kier alpha value is -1.36. The Morgan fingerprint density at radius 2 is 1.33 bits per heavy atom. The second kappa shape index (κ2) is 18.6. The molecule has 242 valence electrons. The van der Waals surface area contributed by atoms with Crippen LogP contribution in [0.1, 0.15) is 108 Å². The van der Waals surface area contributed by atoms with Crippen molar-refractivity contribution in [1.82, 2.24) is 24.9 Å². The van der Waals surface area contributed by atoms with Crippen LogP contribution < -0.4 is 17.1 Å². The van der Waals surface area contributed by atoms with Crippen LogP contribution in [0.15, 0.2) is 33.9 Å². The number of hydrogen-bond acceptors (Lipinski definition) is 8. The van der Waals surface area contributed by atoms with E-state index in [1.807, 2.05) is 0 Å². The van der Waals surface area contributed by atoms with Crippen molar-refractivity contribution in [2.24, 2.45) is 0 Å². The molecule has 2 aromatic rings. The zero-order valence-corrected chi connectivity index (χ0v) is 28.1. The Bertz CT molecular complexity index is 1000. The van der Waals surface area contributed by atoms with Crippen LogP contribution in [-0.4, -0.2) is 81.8 Å². The third-order valence-corrected chi connectivity index (χ3v) is 9.77. The highest BCUT2D eigenvalue weighted by molar-refractivity contribution is 7.99. The highest BCUT2D eigenvalue weighted by Gasteiger charge is 2.48. The highest BCUT2D eigenvalue weighted by atomic mass is 35.5. The predicted octanol–water partition coefficient (Wildman–Crippen LogP) is 4.28. The lowest BCUT2D eigenvalue weighted by Gasteiger charge is -2.60. The van der Waals surface area contributed by atoms with Gasteiger partial charge in [0.1, 0.15) is 32.3 Å². The number of aromatic nitrogens is 2. The third kappa shape index (κ3) is 11.5. The molecule has 4 fully saturated rings. The summed E-state index contributed by atoms with van der Waals surface area (Å²) < 4.78 is 13.0. The molecule has 0 atom stereocenters. The summed E-state index contributed by atoms with van der Waals surface area (Å²) in [5.74, 6) is 2.91. The summed E-state index contributed by atoms with van der Waals surface area (Å²) in [5, 5.41) is 9.21. The standard InChI is InChI=1S/C33H55N6O2S.ClH/c1-2-3-4-5-12-15-22-42-33-35-34-32(41-33)16-13-10-8-6-7-9-11-14-21-40-31-19-17-30(18-20-31)23-39-27-36-24-37(28-39)26-38(25-36)29-39;/h17-20H,2-16,21-29H2,1H3;1H/q+1;/p-1. The molecule has 4 aliphatic rings. The number of benzene rings is 1. The molecule has 4 saturated heterocycles. The lowest BCUT2D eigenvalue weighted by Crippen LogP contribution is -3.00. The first-order chi connectivity index (χ1) is 20.7. The van der Waals surface area contributed by atoms with Gasteiger partial charge in [-0.05, 0) is 43.5 Å². The van der Waals surface area contributed by atoms with Gasteiger partial charge in [0.25, 0.3) is 5.22 Å². The second-order valence-corrected chi connectivity index (χ2v) is 14.1. The maximum absolute atomic E-state index is 6.05. The fourth-order valence-corrected chi connectivity index (χ4v) is 7.73. The van der Waals surface area contributed by atoms with Gasteiger partial charge >= 0.3 is 0 Å². The summed E-state index contributed by atoms with van der Waals surface area (Å²) >= 11 is 1.72. The van der Waals surface area contributed by atoms with E-state index >= 15 is 0 Å². The number of hydrogen-bond donors (Lipinski definition) is 0. The molecule has 0 aliphatic carbocycles. The molecule has 0 radical (unpaired) electrons. The predicted molar refractivity (Wildman–Crippen MR) is 170 cm³/mol. The van der Waals surface area contributed by atoms with Crippen LogP contribution in [0.3, 0.4) is 0 Å². The summed E-state index contributed by atoms with van der Waals surface area (Å²) in [5.41, 5.74) is 1.42. The van der Waals surface area contributed by atoms with E-state index in [2.05, 4.69) is 56.1 Å². The lowest BCUT2D eigenvalue weighted by atomic mass is 10.1. The van der Waals surface area contributed by atoms with Crippen LogP contribution in [0.25, 0.3) is 0 Å². The van der Waals surface area contributed by atoms with Crippen molar-refractivity contribution in [2.45, 2.75) is 115 Å². The fourth-order valence-electron chi connectivity index (χ4n) is 6.95. The van der Waals surface area contributed by atoms with E-state index in [0.717, 1.165) is 79.5 Å². The highest BCUT2D eigenvalue weighted by Crippen LogP contribution is 2.31. The molecule has 0 amide bonds. The number of rotatable bonds is 22. The van der Waals surface area contributed by atoms with Gasteiger partial charge in [-0.2, -0.15) is 0 Å². The molecular weight excluding hydrogens is 580 g/mol. The van der Waals surface area contributed by atoms with Crippen LogP contribution in [0.5, 0.6) is 5.75 Å². The zero-order chi connectivity index (χ0) is 28.9. The zero-order valence-electron chi connectivity index (χ0n) is 26.6. The molecule has 0 saturated carbocycles. The van der Waals surface area contributed by atoms with Gasteiger partial charge in [-0.3, -0.25) is 4.48 Å². The van der Waals surface area contributed by atoms with E-state index in [9.17, 15) is 0 Å². The van der Waals surface area contributed by atoms with Crippen LogP contribution in [0, 0.1) is 0 Å².